The lowest BCUT2D eigenvalue weighted by atomic mass is 9.78. The molecule has 248 valence electrons. The van der Waals surface area contributed by atoms with Crippen molar-refractivity contribution < 1.29 is 27.4 Å². The zero-order chi connectivity index (χ0) is 33.1. The summed E-state index contributed by atoms with van der Waals surface area (Å²) in [5.74, 6) is -1.06. The van der Waals surface area contributed by atoms with Gasteiger partial charge in [0.05, 0.1) is 16.0 Å². The number of anilines is 2. The van der Waals surface area contributed by atoms with Crippen LogP contribution in [-0.4, -0.2) is 48.4 Å². The van der Waals surface area contributed by atoms with Gasteiger partial charge in [0.2, 0.25) is 5.91 Å². The largest absolute Gasteiger partial charge is 0.382 e. The standard InChI is InChI=1S/C36H40ClN3O6S/c37-20-32(41)38-21-23-10-8-16-31(47(44,45)46)27(23)19-22-9-4-7-15-28(22)40-30-18-17-29(39-24-11-2-1-3-12-24)33-34(30)36(43)26-14-6-5-13-25(26)35(33)42/h5-6,8,10,13-14,16-18,22,24,28,39-40H,1-4,7,9,11-12,15,19-21H2,(H,38,41)(H,44,45,46). The number of carbonyl (C=O) groups is 3. The van der Waals surface area contributed by atoms with Gasteiger partial charge in [-0.2, -0.15) is 8.42 Å². The fourth-order valence-corrected chi connectivity index (χ4v) is 8.40. The van der Waals surface area contributed by atoms with E-state index in [1.807, 2.05) is 12.1 Å². The van der Waals surface area contributed by atoms with Crippen molar-refractivity contribution in [2.45, 2.75) is 87.7 Å². The van der Waals surface area contributed by atoms with Crippen LogP contribution in [0.2, 0.25) is 0 Å². The van der Waals surface area contributed by atoms with E-state index in [0.717, 1.165) is 51.4 Å². The summed E-state index contributed by atoms with van der Waals surface area (Å²) in [5.41, 5.74) is 3.82. The predicted molar refractivity (Wildman–Crippen MR) is 182 cm³/mol. The maximum atomic E-state index is 14.1. The van der Waals surface area contributed by atoms with Crippen LogP contribution in [0.3, 0.4) is 0 Å². The highest BCUT2D eigenvalue weighted by Crippen LogP contribution is 2.40. The van der Waals surface area contributed by atoms with E-state index in [-0.39, 0.29) is 52.8 Å². The lowest BCUT2D eigenvalue weighted by Crippen LogP contribution is -2.35. The molecule has 47 heavy (non-hydrogen) atoms. The fourth-order valence-electron chi connectivity index (χ4n) is 7.53. The number of halogens is 1. The lowest BCUT2D eigenvalue weighted by Gasteiger charge is -2.35. The third kappa shape index (κ3) is 7.10. The molecule has 0 saturated heterocycles. The maximum Gasteiger partial charge on any atom is 0.294 e. The molecule has 3 aliphatic rings. The summed E-state index contributed by atoms with van der Waals surface area (Å²) in [6.07, 6.45) is 9.22. The summed E-state index contributed by atoms with van der Waals surface area (Å²) in [7, 11) is -4.55. The van der Waals surface area contributed by atoms with E-state index in [1.54, 1.807) is 36.4 Å². The Bertz CT molecular complexity index is 1800. The van der Waals surface area contributed by atoms with Crippen LogP contribution in [0.1, 0.15) is 101 Å². The lowest BCUT2D eigenvalue weighted by molar-refractivity contribution is -0.118. The second kappa shape index (κ2) is 14.2. The molecule has 1 amide bonds. The molecule has 2 saturated carbocycles. The molecule has 6 rings (SSSR count). The number of benzene rings is 3. The van der Waals surface area contributed by atoms with Crippen molar-refractivity contribution in [2.75, 3.05) is 16.5 Å². The summed E-state index contributed by atoms with van der Waals surface area (Å²) < 4.78 is 35.1. The molecule has 3 aliphatic carbocycles. The van der Waals surface area contributed by atoms with Crippen LogP contribution in [-0.2, 0) is 27.9 Å². The molecule has 0 aromatic heterocycles. The van der Waals surface area contributed by atoms with E-state index in [4.69, 9.17) is 11.6 Å². The third-order valence-electron chi connectivity index (χ3n) is 9.86. The summed E-state index contributed by atoms with van der Waals surface area (Å²) in [4.78, 5) is 39.9. The summed E-state index contributed by atoms with van der Waals surface area (Å²) in [6.45, 7) is 0.0635. The van der Waals surface area contributed by atoms with E-state index in [2.05, 4.69) is 16.0 Å². The molecule has 0 spiro atoms. The molecule has 3 aromatic rings. The van der Waals surface area contributed by atoms with Crippen LogP contribution in [0.25, 0.3) is 0 Å². The first-order valence-electron chi connectivity index (χ1n) is 16.4. The molecule has 4 N–H and O–H groups in total. The van der Waals surface area contributed by atoms with Gasteiger partial charge in [-0.25, -0.2) is 0 Å². The minimum Gasteiger partial charge on any atom is -0.382 e. The van der Waals surface area contributed by atoms with Crippen molar-refractivity contribution in [3.8, 4) is 0 Å². The maximum absolute atomic E-state index is 14.1. The molecule has 2 unspecified atom stereocenters. The van der Waals surface area contributed by atoms with Crippen molar-refractivity contribution in [1.82, 2.24) is 5.32 Å². The highest BCUT2D eigenvalue weighted by Gasteiger charge is 2.36. The van der Waals surface area contributed by atoms with Gasteiger partial charge in [0, 0.05) is 41.1 Å². The SMILES string of the molecule is O=C(CCl)NCc1cccc(S(=O)(=O)O)c1CC1CCCCC1Nc1ccc(NC2CCCCC2)c2c1C(=O)c1ccccc1C2=O. The monoisotopic (exact) mass is 677 g/mol. The van der Waals surface area contributed by atoms with Gasteiger partial charge >= 0.3 is 0 Å². The van der Waals surface area contributed by atoms with Crippen molar-refractivity contribution in [2.24, 2.45) is 5.92 Å². The number of hydrogen-bond donors (Lipinski definition) is 4. The summed E-state index contributed by atoms with van der Waals surface area (Å²) >= 11 is 5.66. The number of ketones is 2. The van der Waals surface area contributed by atoms with Gasteiger partial charge in [0.1, 0.15) is 5.88 Å². The van der Waals surface area contributed by atoms with Crippen LogP contribution >= 0.6 is 11.6 Å². The van der Waals surface area contributed by atoms with Crippen molar-refractivity contribution in [1.29, 1.82) is 0 Å². The highest BCUT2D eigenvalue weighted by molar-refractivity contribution is 7.85. The smallest absolute Gasteiger partial charge is 0.294 e. The number of amides is 1. The Morgan fingerprint density at radius 1 is 0.787 bits per heavy atom. The number of rotatable bonds is 10. The fraction of sp³-hybridized carbons (Fsp3) is 0.417. The minimum atomic E-state index is -4.55. The first kappa shape index (κ1) is 33.2. The van der Waals surface area contributed by atoms with Crippen LogP contribution in [0.15, 0.2) is 59.5 Å². The van der Waals surface area contributed by atoms with Gasteiger partial charge in [-0.05, 0) is 67.3 Å². The summed E-state index contributed by atoms with van der Waals surface area (Å²) in [5, 5.41) is 9.93. The number of carbonyl (C=O) groups excluding carboxylic acids is 3. The van der Waals surface area contributed by atoms with Gasteiger partial charge in [0.15, 0.2) is 11.6 Å². The molecule has 3 aromatic carbocycles. The molecule has 9 nitrogen and oxygen atoms in total. The molecule has 11 heteroatoms. The van der Waals surface area contributed by atoms with Gasteiger partial charge in [-0.1, -0.05) is 68.5 Å². The minimum absolute atomic E-state index is 0.0634. The normalized spacial score (nSPS) is 19.9. The Balaban J connectivity index is 1.36. The average Bonchev–Trinajstić information content (AvgIpc) is 3.07. The number of alkyl halides is 1. The number of fused-ring (bicyclic) bond motifs is 2. The van der Waals surface area contributed by atoms with E-state index < -0.39 is 10.1 Å². The molecule has 0 heterocycles. The second-order valence-electron chi connectivity index (χ2n) is 12.9. The molecule has 0 radical (unpaired) electrons. The van der Waals surface area contributed by atoms with E-state index >= 15 is 0 Å². The molecule has 2 fully saturated rings. The first-order valence-corrected chi connectivity index (χ1v) is 18.4. The molecular formula is C36H40ClN3O6S. The Labute approximate surface area is 280 Å². The topological polar surface area (TPSA) is 142 Å². The van der Waals surface area contributed by atoms with Gasteiger partial charge in [0.25, 0.3) is 10.1 Å². The van der Waals surface area contributed by atoms with Crippen LogP contribution in [0, 0.1) is 5.92 Å². The quantitative estimate of drug-likeness (QED) is 0.110. The Morgan fingerprint density at radius 3 is 2.04 bits per heavy atom. The van der Waals surface area contributed by atoms with Crippen LogP contribution < -0.4 is 16.0 Å². The molecule has 0 bridgehead atoms. The van der Waals surface area contributed by atoms with E-state index in [9.17, 15) is 27.4 Å². The second-order valence-corrected chi connectivity index (χ2v) is 14.5. The Kier molecular flexibility index (Phi) is 10.0. The average molecular weight is 678 g/mol. The third-order valence-corrected chi connectivity index (χ3v) is 11.0. The molecule has 0 aliphatic heterocycles. The van der Waals surface area contributed by atoms with E-state index in [0.29, 0.717) is 51.2 Å². The number of hydrogen-bond acceptors (Lipinski definition) is 7. The molecule has 2 atom stereocenters. The van der Waals surface area contributed by atoms with Crippen molar-refractivity contribution in [3.05, 3.63) is 88.0 Å². The van der Waals surface area contributed by atoms with E-state index in [1.165, 1.54) is 12.5 Å². The Morgan fingerprint density at radius 2 is 1.40 bits per heavy atom. The van der Waals surface area contributed by atoms with Crippen LogP contribution in [0.4, 0.5) is 11.4 Å². The summed E-state index contributed by atoms with van der Waals surface area (Å²) in [6, 6.07) is 15.5. The van der Waals surface area contributed by atoms with Crippen LogP contribution in [0.5, 0.6) is 0 Å². The number of nitrogens with one attached hydrogen (secondary N) is 3. The zero-order valence-electron chi connectivity index (χ0n) is 26.2. The Hall–Kier alpha value is -3.73. The van der Waals surface area contributed by atoms with Crippen molar-refractivity contribution >= 4 is 50.6 Å². The molecular weight excluding hydrogens is 638 g/mol. The van der Waals surface area contributed by atoms with Gasteiger partial charge < -0.3 is 16.0 Å². The van der Waals surface area contributed by atoms with Crippen molar-refractivity contribution in [3.63, 3.8) is 0 Å². The first-order chi connectivity index (χ1) is 22.7. The predicted octanol–water partition coefficient (Wildman–Crippen LogP) is 6.52. The van der Waals surface area contributed by atoms with Gasteiger partial charge in [-0.3, -0.25) is 18.9 Å². The zero-order valence-corrected chi connectivity index (χ0v) is 27.8. The highest BCUT2D eigenvalue weighted by atomic mass is 35.5. The van der Waals surface area contributed by atoms with Gasteiger partial charge in [-0.15, -0.1) is 11.6 Å².